The minimum absolute atomic E-state index is 0. The van der Waals surface area contributed by atoms with Gasteiger partial charge in [-0.2, -0.15) is 0 Å². The molecule has 0 fully saturated rings. The van der Waals surface area contributed by atoms with E-state index in [1.54, 1.807) is 0 Å². The van der Waals surface area contributed by atoms with Gasteiger partial charge >= 0.3 is 16.5 Å². The maximum Gasteiger partial charge on any atom is 2.00 e. The van der Waals surface area contributed by atoms with Gasteiger partial charge in [-0.05, 0) is 111 Å². The van der Waals surface area contributed by atoms with Crippen molar-refractivity contribution >= 4 is 0 Å². The molecule has 7 heteroatoms. The van der Waals surface area contributed by atoms with Gasteiger partial charge in [0.15, 0.2) is 0 Å². The fourth-order valence-corrected chi connectivity index (χ4v) is 3.72. The van der Waals surface area contributed by atoms with Crippen LogP contribution in [0, 0.1) is 41.5 Å². The third kappa shape index (κ3) is 10.3. The Morgan fingerprint density at radius 2 is 0.395 bits per heavy atom. The molecule has 0 radical (unpaired) electrons. The van der Waals surface area contributed by atoms with Crippen LogP contribution in [-0.2, 0) is 16.5 Å². The van der Waals surface area contributed by atoms with Crippen molar-refractivity contribution in [3.05, 3.63) is 143 Å². The molecule has 0 aliphatic rings. The zero-order chi connectivity index (χ0) is 29.9. The monoisotopic (exact) mass is 610 g/mol. The zero-order valence-corrected chi connectivity index (χ0v) is 26.4. The fourth-order valence-electron chi connectivity index (χ4n) is 3.72. The molecule has 6 aromatic heterocycles. The number of hydrogen-bond donors (Lipinski definition) is 0. The third-order valence-electron chi connectivity index (χ3n) is 6.26. The molecule has 0 aliphatic heterocycles. The summed E-state index contributed by atoms with van der Waals surface area (Å²) in [4.78, 5) is 25.9. The smallest absolute Gasteiger partial charge is 0.254 e. The molecule has 0 bridgehead atoms. The third-order valence-corrected chi connectivity index (χ3v) is 6.26. The predicted molar refractivity (Wildman–Crippen MR) is 171 cm³/mol. The molecule has 0 aromatic carbocycles. The van der Waals surface area contributed by atoms with Gasteiger partial charge in [0.1, 0.15) is 0 Å². The van der Waals surface area contributed by atoms with E-state index in [-0.39, 0.29) is 16.5 Å². The quantitative estimate of drug-likeness (QED) is 0.188. The van der Waals surface area contributed by atoms with Crippen molar-refractivity contribution in [3.8, 4) is 34.2 Å². The van der Waals surface area contributed by atoms with E-state index in [0.717, 1.165) is 34.2 Å². The molecule has 0 aliphatic carbocycles. The van der Waals surface area contributed by atoms with Crippen LogP contribution in [0.5, 0.6) is 0 Å². The second kappa shape index (κ2) is 16.1. The first kappa shape index (κ1) is 32.9. The minimum Gasteiger partial charge on any atom is -0.254 e. The van der Waals surface area contributed by atoms with Crippen molar-refractivity contribution in [2.45, 2.75) is 41.5 Å². The molecular weight excluding hydrogens is 575 g/mol. The largest absolute Gasteiger partial charge is 2.00 e. The second-order valence-electron chi connectivity index (χ2n) is 10.3. The summed E-state index contributed by atoms with van der Waals surface area (Å²) >= 11 is 0. The first-order chi connectivity index (χ1) is 20.3. The van der Waals surface area contributed by atoms with Crippen molar-refractivity contribution in [3.63, 3.8) is 0 Å². The molecule has 0 spiro atoms. The topological polar surface area (TPSA) is 77.3 Å². The summed E-state index contributed by atoms with van der Waals surface area (Å²) in [5.74, 6) is 0. The second-order valence-corrected chi connectivity index (χ2v) is 10.3. The number of pyridine rings is 6. The maximum absolute atomic E-state index is 4.32. The van der Waals surface area contributed by atoms with E-state index < -0.39 is 0 Å². The van der Waals surface area contributed by atoms with Crippen LogP contribution in [0.1, 0.15) is 33.4 Å². The summed E-state index contributed by atoms with van der Waals surface area (Å²) in [6, 6.07) is 24.2. The van der Waals surface area contributed by atoms with Crippen LogP contribution in [0.15, 0.2) is 110 Å². The zero-order valence-electron chi connectivity index (χ0n) is 25.4. The molecule has 43 heavy (non-hydrogen) atoms. The Kier molecular flexibility index (Phi) is 12.4. The van der Waals surface area contributed by atoms with Crippen molar-refractivity contribution < 1.29 is 16.5 Å². The predicted octanol–water partition coefficient (Wildman–Crippen LogP) is 8.28. The SMILES string of the molecule is Cc1ccc(-c2ccc(C)cn2)nc1.Cc1ccc(-c2ccc(C)cn2)nc1.Cc1ccc(-c2ccc(C)cn2)nc1.[Ni+2]. The first-order valence-corrected chi connectivity index (χ1v) is 13.8. The van der Waals surface area contributed by atoms with Gasteiger partial charge in [0, 0.05) is 37.2 Å². The number of aromatic nitrogens is 6. The molecule has 6 nitrogen and oxygen atoms in total. The van der Waals surface area contributed by atoms with Crippen molar-refractivity contribution in [1.82, 2.24) is 29.9 Å². The van der Waals surface area contributed by atoms with Gasteiger partial charge in [0.25, 0.3) is 0 Å². The maximum atomic E-state index is 4.32. The van der Waals surface area contributed by atoms with E-state index in [0.29, 0.717) is 0 Å². The van der Waals surface area contributed by atoms with Gasteiger partial charge in [-0.3, -0.25) is 29.9 Å². The van der Waals surface area contributed by atoms with Crippen molar-refractivity contribution in [2.75, 3.05) is 0 Å². The van der Waals surface area contributed by atoms with E-state index in [4.69, 9.17) is 0 Å². The molecule has 0 amide bonds. The van der Waals surface area contributed by atoms with Crippen LogP contribution < -0.4 is 0 Å². The average Bonchev–Trinajstić information content (AvgIpc) is 3.01. The Morgan fingerprint density at radius 3 is 0.488 bits per heavy atom. The van der Waals surface area contributed by atoms with Crippen LogP contribution in [0.25, 0.3) is 34.2 Å². The summed E-state index contributed by atoms with van der Waals surface area (Å²) in [6.45, 7) is 12.2. The minimum atomic E-state index is 0. The number of rotatable bonds is 3. The molecule has 6 heterocycles. The Balaban J connectivity index is 0.000000175. The van der Waals surface area contributed by atoms with E-state index in [2.05, 4.69) is 29.9 Å². The molecule has 6 rings (SSSR count). The first-order valence-electron chi connectivity index (χ1n) is 13.8. The standard InChI is InChI=1S/3C12H12N2.Ni/c3*1-9-3-5-11(13-7-9)12-6-4-10(2)8-14-12;/h3*3-8H,1-2H3;/q;;;+2. The van der Waals surface area contributed by atoms with Gasteiger partial charge in [-0.1, -0.05) is 36.4 Å². The van der Waals surface area contributed by atoms with Gasteiger partial charge in [0.05, 0.1) is 34.2 Å². The normalized spacial score (nSPS) is 9.91. The Labute approximate surface area is 264 Å². The molecule has 218 valence electrons. The van der Waals surface area contributed by atoms with Crippen LogP contribution in [0.3, 0.4) is 0 Å². The van der Waals surface area contributed by atoms with Crippen LogP contribution in [0.2, 0.25) is 0 Å². The Hall–Kier alpha value is -4.61. The number of hydrogen-bond acceptors (Lipinski definition) is 6. The van der Waals surface area contributed by atoms with Crippen LogP contribution in [-0.4, -0.2) is 29.9 Å². The molecular formula is C36H36N6Ni+2. The molecule has 0 atom stereocenters. The summed E-state index contributed by atoms with van der Waals surface area (Å²) in [7, 11) is 0. The Morgan fingerprint density at radius 1 is 0.256 bits per heavy atom. The fraction of sp³-hybridized carbons (Fsp3) is 0.167. The molecule has 0 unspecified atom stereocenters. The summed E-state index contributed by atoms with van der Waals surface area (Å²) in [6.07, 6.45) is 11.1. The molecule has 0 saturated heterocycles. The van der Waals surface area contributed by atoms with E-state index in [1.807, 2.05) is 152 Å². The molecule has 0 N–H and O–H groups in total. The summed E-state index contributed by atoms with van der Waals surface area (Å²) < 4.78 is 0. The summed E-state index contributed by atoms with van der Waals surface area (Å²) in [5, 5.41) is 0. The van der Waals surface area contributed by atoms with Gasteiger partial charge in [-0.15, -0.1) is 0 Å². The Bertz CT molecular complexity index is 1330. The number of nitrogens with zero attached hydrogens (tertiary/aromatic N) is 6. The molecule has 6 aromatic rings. The van der Waals surface area contributed by atoms with Crippen molar-refractivity contribution in [1.29, 1.82) is 0 Å². The summed E-state index contributed by atoms with van der Waals surface area (Å²) in [5.41, 5.74) is 12.6. The van der Waals surface area contributed by atoms with E-state index in [1.165, 1.54) is 33.4 Å². The number of aryl methyl sites for hydroxylation is 6. The van der Waals surface area contributed by atoms with E-state index >= 15 is 0 Å². The molecule has 0 saturated carbocycles. The van der Waals surface area contributed by atoms with Crippen LogP contribution in [0.4, 0.5) is 0 Å². The van der Waals surface area contributed by atoms with Gasteiger partial charge < -0.3 is 0 Å². The van der Waals surface area contributed by atoms with Gasteiger partial charge in [-0.25, -0.2) is 0 Å². The van der Waals surface area contributed by atoms with Crippen molar-refractivity contribution in [2.24, 2.45) is 0 Å². The van der Waals surface area contributed by atoms with E-state index in [9.17, 15) is 0 Å². The van der Waals surface area contributed by atoms with Crippen LogP contribution >= 0.6 is 0 Å². The average molecular weight is 611 g/mol. The van der Waals surface area contributed by atoms with Gasteiger partial charge in [0.2, 0.25) is 0 Å².